The highest BCUT2D eigenvalue weighted by molar-refractivity contribution is 5.72. The predicted octanol–water partition coefficient (Wildman–Crippen LogP) is 14.0. The van der Waals surface area contributed by atoms with Crippen LogP contribution < -0.4 is 0 Å². The van der Waals surface area contributed by atoms with E-state index >= 15 is 0 Å². The van der Waals surface area contributed by atoms with Crippen molar-refractivity contribution in [2.75, 3.05) is 41.0 Å². The van der Waals surface area contributed by atoms with Crippen LogP contribution in [-0.2, 0) is 28.6 Å². The van der Waals surface area contributed by atoms with Crippen LogP contribution in [0.3, 0.4) is 0 Å². The van der Waals surface area contributed by atoms with Crippen molar-refractivity contribution in [1.29, 1.82) is 0 Å². The molecular weight excluding hydrogens is 751 g/mol. The first kappa shape index (κ1) is 57.3. The molecule has 2 atom stereocenters. The summed E-state index contributed by atoms with van der Waals surface area (Å²) in [6.07, 6.45) is 51.7. The number of allylic oxidation sites excluding steroid dienone is 8. The summed E-state index contributed by atoms with van der Waals surface area (Å²) in [6.45, 7) is 4.59. The predicted molar refractivity (Wildman–Crippen MR) is 252 cm³/mol. The fourth-order valence-electron chi connectivity index (χ4n) is 7.20. The van der Waals surface area contributed by atoms with Gasteiger partial charge < -0.3 is 23.8 Å². The minimum atomic E-state index is -0.879. The summed E-state index contributed by atoms with van der Waals surface area (Å²) in [7, 11) is 5.52. The van der Waals surface area contributed by atoms with Gasteiger partial charge in [-0.3, -0.25) is 9.59 Å². The molecule has 0 fully saturated rings. The molecular formula is C52H94NO7+. The molecule has 1 N–H and O–H groups in total. The van der Waals surface area contributed by atoms with Gasteiger partial charge in [0, 0.05) is 19.3 Å². The Kier molecular flexibility index (Phi) is 41.0. The lowest BCUT2D eigenvalue weighted by molar-refractivity contribution is -0.887. The topological polar surface area (TPSA) is 99.1 Å². The zero-order chi connectivity index (χ0) is 44.2. The third-order valence-corrected chi connectivity index (χ3v) is 11.0. The number of quaternary nitrogens is 1. The number of carbonyl (C=O) groups is 3. The molecule has 2 unspecified atom stereocenters. The van der Waals surface area contributed by atoms with Gasteiger partial charge >= 0.3 is 17.9 Å². The van der Waals surface area contributed by atoms with Gasteiger partial charge in [0.2, 0.25) is 0 Å². The summed E-state index contributed by atoms with van der Waals surface area (Å²) < 4.78 is 17.3. The maximum Gasteiger partial charge on any atom is 0.362 e. The van der Waals surface area contributed by atoms with Crippen molar-refractivity contribution in [2.24, 2.45) is 0 Å². The van der Waals surface area contributed by atoms with Gasteiger partial charge in [0.25, 0.3) is 0 Å². The lowest BCUT2D eigenvalue weighted by Gasteiger charge is -2.31. The second kappa shape index (κ2) is 43.0. The van der Waals surface area contributed by atoms with Gasteiger partial charge in [0.1, 0.15) is 6.61 Å². The first-order chi connectivity index (χ1) is 29.1. The van der Waals surface area contributed by atoms with Crippen LogP contribution in [-0.4, -0.2) is 80.6 Å². The maximum absolute atomic E-state index is 12.8. The molecule has 0 aliphatic heterocycles. The van der Waals surface area contributed by atoms with E-state index in [1.165, 1.54) is 116 Å². The van der Waals surface area contributed by atoms with Crippen molar-refractivity contribution in [3.63, 3.8) is 0 Å². The molecule has 0 amide bonds. The lowest BCUT2D eigenvalue weighted by atomic mass is 10.0. The molecule has 0 radical (unpaired) electrons. The van der Waals surface area contributed by atoms with E-state index in [1.54, 1.807) is 0 Å². The van der Waals surface area contributed by atoms with Gasteiger partial charge in [-0.1, -0.05) is 184 Å². The molecule has 0 aliphatic carbocycles. The quantitative estimate of drug-likeness (QED) is 0.0214. The molecule has 0 rings (SSSR count). The van der Waals surface area contributed by atoms with Crippen LogP contribution >= 0.6 is 0 Å². The molecule has 0 aromatic heterocycles. The number of hydrogen-bond acceptors (Lipinski definition) is 6. The van der Waals surface area contributed by atoms with Gasteiger partial charge in [-0.2, -0.15) is 0 Å². The number of carboxylic acid groups (broad SMARTS) is 1. The van der Waals surface area contributed by atoms with Crippen molar-refractivity contribution in [2.45, 2.75) is 225 Å². The Morgan fingerprint density at radius 3 is 1.42 bits per heavy atom. The highest BCUT2D eigenvalue weighted by Crippen LogP contribution is 2.15. The number of aliphatic carboxylic acids is 1. The summed E-state index contributed by atoms with van der Waals surface area (Å²) in [5, 5.41) is 9.64. The van der Waals surface area contributed by atoms with E-state index in [0.29, 0.717) is 19.3 Å². The second-order valence-corrected chi connectivity index (χ2v) is 17.7. The largest absolute Gasteiger partial charge is 0.477 e. The summed E-state index contributed by atoms with van der Waals surface area (Å²) in [5.74, 6) is -1.50. The van der Waals surface area contributed by atoms with Crippen LogP contribution in [0.5, 0.6) is 0 Å². The van der Waals surface area contributed by atoms with Gasteiger partial charge in [0.05, 0.1) is 34.4 Å². The molecule has 0 bridgehead atoms. The number of hydrogen-bond donors (Lipinski definition) is 1. The molecule has 0 spiro atoms. The molecule has 0 aromatic carbocycles. The first-order valence-electron chi connectivity index (χ1n) is 24.7. The molecule has 0 aliphatic rings. The Balaban J connectivity index is 4.23. The van der Waals surface area contributed by atoms with E-state index in [9.17, 15) is 19.5 Å². The maximum atomic E-state index is 12.8. The Bertz CT molecular complexity index is 1120. The summed E-state index contributed by atoms with van der Waals surface area (Å²) in [6, 6.07) is -0.619. The van der Waals surface area contributed by atoms with Crippen LogP contribution in [0.4, 0.5) is 0 Å². The molecule has 0 saturated heterocycles. The molecule has 0 heterocycles. The number of carbonyl (C=O) groups excluding carboxylic acids is 2. The van der Waals surface area contributed by atoms with Gasteiger partial charge in [-0.25, -0.2) is 4.79 Å². The third kappa shape index (κ3) is 40.7. The molecule has 8 nitrogen and oxygen atoms in total. The average molecular weight is 845 g/mol. The highest BCUT2D eigenvalue weighted by Gasteiger charge is 2.31. The zero-order valence-corrected chi connectivity index (χ0v) is 39.7. The van der Waals surface area contributed by atoms with Crippen LogP contribution in [0.25, 0.3) is 0 Å². The van der Waals surface area contributed by atoms with Crippen molar-refractivity contribution in [1.82, 2.24) is 0 Å². The molecule has 8 heteroatoms. The number of rotatable bonds is 44. The van der Waals surface area contributed by atoms with E-state index in [1.807, 2.05) is 27.2 Å². The fourth-order valence-corrected chi connectivity index (χ4v) is 7.20. The SMILES string of the molecule is CC/C=C/C=C/C=C/CCCCCCCC(=O)OCC(COCCC(C(=O)O)[N+](C)(C)C)OC(=O)CCCCCCCCC/C=C/CCCCCCCCCCCCCC. The first-order valence-corrected chi connectivity index (χ1v) is 24.7. The number of ether oxygens (including phenoxy) is 3. The summed E-state index contributed by atoms with van der Waals surface area (Å²) in [4.78, 5) is 37.1. The van der Waals surface area contributed by atoms with Crippen molar-refractivity contribution < 1.29 is 38.2 Å². The average Bonchev–Trinajstić information content (AvgIpc) is 3.21. The van der Waals surface area contributed by atoms with E-state index in [0.717, 1.165) is 64.2 Å². The van der Waals surface area contributed by atoms with Gasteiger partial charge in [-0.05, 0) is 57.8 Å². The number of esters is 2. The fraction of sp³-hybridized carbons (Fsp3) is 0.788. The monoisotopic (exact) mass is 845 g/mol. The van der Waals surface area contributed by atoms with E-state index in [4.69, 9.17) is 14.2 Å². The number of unbranched alkanes of at least 4 members (excludes halogenated alkanes) is 24. The van der Waals surface area contributed by atoms with Crippen LogP contribution in [0.2, 0.25) is 0 Å². The number of carboxylic acids is 1. The molecule has 60 heavy (non-hydrogen) atoms. The van der Waals surface area contributed by atoms with E-state index < -0.39 is 18.1 Å². The van der Waals surface area contributed by atoms with E-state index in [-0.39, 0.29) is 36.2 Å². The van der Waals surface area contributed by atoms with Gasteiger partial charge in [0.15, 0.2) is 12.1 Å². The number of nitrogens with zero attached hydrogens (tertiary/aromatic N) is 1. The van der Waals surface area contributed by atoms with Gasteiger partial charge in [-0.15, -0.1) is 0 Å². The number of likely N-dealkylation sites (N-methyl/N-ethyl adjacent to an activating group) is 1. The third-order valence-electron chi connectivity index (χ3n) is 11.0. The summed E-state index contributed by atoms with van der Waals surface area (Å²) >= 11 is 0. The van der Waals surface area contributed by atoms with Crippen molar-refractivity contribution in [3.05, 3.63) is 48.6 Å². The highest BCUT2D eigenvalue weighted by atomic mass is 16.6. The Hall–Kier alpha value is -2.71. The van der Waals surface area contributed by atoms with E-state index in [2.05, 4.69) is 56.4 Å². The standard InChI is InChI=1S/C52H93NO7/c1-6-8-10-12-14-16-18-20-21-22-23-24-25-26-27-28-29-31-33-35-37-39-41-43-51(55)60-48(46-58-45-44-49(52(56)57)53(3,4)5)47-59-50(54)42-40-38-36-34-32-30-19-17-15-13-11-9-7-2/h9,11,13,15,17,19,26-27,48-49H,6-8,10,12,14,16,18,20-25,28-47H2,1-5H3/p+1/b11-9+,15-13+,19-17+,27-26+. The smallest absolute Gasteiger partial charge is 0.362 e. The van der Waals surface area contributed by atoms with Crippen molar-refractivity contribution in [3.8, 4) is 0 Å². The Labute approximate surface area is 369 Å². The second-order valence-electron chi connectivity index (χ2n) is 17.7. The van der Waals surface area contributed by atoms with Crippen LogP contribution in [0, 0.1) is 0 Å². The molecule has 0 aromatic rings. The van der Waals surface area contributed by atoms with Crippen molar-refractivity contribution >= 4 is 17.9 Å². The Morgan fingerprint density at radius 1 is 0.517 bits per heavy atom. The Morgan fingerprint density at radius 2 is 0.950 bits per heavy atom. The lowest BCUT2D eigenvalue weighted by Crippen LogP contribution is -2.50. The minimum Gasteiger partial charge on any atom is -0.477 e. The van der Waals surface area contributed by atoms with Crippen LogP contribution in [0.1, 0.15) is 213 Å². The minimum absolute atomic E-state index is 0.0524. The normalized spacial score (nSPS) is 13.3. The molecule has 0 saturated carbocycles. The van der Waals surface area contributed by atoms with Crippen LogP contribution in [0.15, 0.2) is 48.6 Å². The summed E-state index contributed by atoms with van der Waals surface area (Å²) in [5.41, 5.74) is 0. The molecule has 348 valence electrons. The zero-order valence-electron chi connectivity index (χ0n) is 39.7.